The maximum atomic E-state index is 10.9. The highest BCUT2D eigenvalue weighted by Gasteiger charge is 2.14. The number of benzene rings is 1. The first kappa shape index (κ1) is 13.4. The summed E-state index contributed by atoms with van der Waals surface area (Å²) in [5, 5.41) is 14.0. The summed E-state index contributed by atoms with van der Waals surface area (Å²) in [4.78, 5) is 12.6. The van der Waals surface area contributed by atoms with Gasteiger partial charge in [-0.1, -0.05) is 0 Å². The predicted octanol–water partition coefficient (Wildman–Crippen LogP) is 2.19. The number of rotatable bonds is 5. The predicted molar refractivity (Wildman–Crippen MR) is 69.6 cm³/mol. The Bertz CT molecular complexity index is 416. The average Bonchev–Trinajstić information content (AvgIpc) is 2.22. The number of anilines is 1. The van der Waals surface area contributed by atoms with Gasteiger partial charge in [-0.25, -0.2) is 0 Å². The molecule has 17 heavy (non-hydrogen) atoms. The zero-order valence-corrected chi connectivity index (χ0v) is 10.8. The summed E-state index contributed by atoms with van der Waals surface area (Å²) in [5.74, 6) is 0. The number of nitrogens with one attached hydrogen (secondary N) is 1. The molecule has 0 bridgehead atoms. The van der Waals surface area contributed by atoms with E-state index in [-0.39, 0.29) is 10.6 Å². The van der Waals surface area contributed by atoms with Gasteiger partial charge in [0, 0.05) is 19.2 Å². The van der Waals surface area contributed by atoms with Gasteiger partial charge in [0.15, 0.2) is 0 Å². The van der Waals surface area contributed by atoms with Gasteiger partial charge in [-0.15, -0.1) is 0 Å². The Morgan fingerprint density at radius 1 is 1.29 bits per heavy atom. The average molecular weight is 237 g/mol. The van der Waals surface area contributed by atoms with E-state index in [1.165, 1.54) is 0 Å². The van der Waals surface area contributed by atoms with E-state index in [0.717, 1.165) is 17.7 Å². The molecule has 0 amide bonds. The highest BCUT2D eigenvalue weighted by atomic mass is 16.6. The summed E-state index contributed by atoms with van der Waals surface area (Å²) in [6, 6.07) is 3.45. The lowest BCUT2D eigenvalue weighted by molar-refractivity contribution is -0.384. The van der Waals surface area contributed by atoms with Crippen LogP contribution in [0.1, 0.15) is 11.1 Å². The molecule has 1 aromatic carbocycles. The molecular weight excluding hydrogens is 218 g/mol. The molecule has 1 aromatic rings. The topological polar surface area (TPSA) is 58.4 Å². The summed E-state index contributed by atoms with van der Waals surface area (Å²) < 4.78 is 0. The van der Waals surface area contributed by atoms with Gasteiger partial charge < -0.3 is 10.2 Å². The van der Waals surface area contributed by atoms with Crippen LogP contribution in [-0.2, 0) is 0 Å². The molecule has 5 heteroatoms. The van der Waals surface area contributed by atoms with Crippen LogP contribution in [0.15, 0.2) is 12.1 Å². The van der Waals surface area contributed by atoms with Gasteiger partial charge in [0.25, 0.3) is 5.69 Å². The molecule has 0 saturated carbocycles. The lowest BCUT2D eigenvalue weighted by Gasteiger charge is -2.12. The molecule has 0 fully saturated rings. The third kappa shape index (κ3) is 3.71. The third-order valence-electron chi connectivity index (χ3n) is 2.68. The van der Waals surface area contributed by atoms with Crippen molar-refractivity contribution in [3.05, 3.63) is 33.4 Å². The maximum absolute atomic E-state index is 10.9. The Kier molecular flexibility index (Phi) is 4.45. The molecule has 0 atom stereocenters. The molecular formula is C12H19N3O2. The van der Waals surface area contributed by atoms with Gasteiger partial charge >= 0.3 is 0 Å². The smallest absolute Gasteiger partial charge is 0.292 e. The molecule has 0 radical (unpaired) electrons. The fraction of sp³-hybridized carbons (Fsp3) is 0.500. The lowest BCUT2D eigenvalue weighted by Crippen LogP contribution is -2.21. The molecule has 0 aliphatic heterocycles. The van der Waals surface area contributed by atoms with Crippen LogP contribution >= 0.6 is 0 Å². The number of hydrogen-bond acceptors (Lipinski definition) is 4. The molecule has 0 unspecified atom stereocenters. The zero-order chi connectivity index (χ0) is 13.0. The molecule has 0 heterocycles. The first-order chi connectivity index (χ1) is 7.91. The second-order valence-corrected chi connectivity index (χ2v) is 4.44. The van der Waals surface area contributed by atoms with Crippen LogP contribution < -0.4 is 5.32 Å². The first-order valence-corrected chi connectivity index (χ1v) is 5.56. The van der Waals surface area contributed by atoms with Gasteiger partial charge in [0.1, 0.15) is 5.69 Å². The highest BCUT2D eigenvalue weighted by Crippen LogP contribution is 2.27. The van der Waals surface area contributed by atoms with Crippen molar-refractivity contribution >= 4 is 11.4 Å². The number of nitro groups is 1. The van der Waals surface area contributed by atoms with Gasteiger partial charge in [0.05, 0.1) is 4.92 Å². The van der Waals surface area contributed by atoms with E-state index in [2.05, 4.69) is 5.32 Å². The summed E-state index contributed by atoms with van der Waals surface area (Å²) >= 11 is 0. The molecule has 0 aromatic heterocycles. The highest BCUT2D eigenvalue weighted by molar-refractivity contribution is 5.64. The molecule has 0 aliphatic carbocycles. The fourth-order valence-corrected chi connectivity index (χ4v) is 1.51. The number of hydrogen-bond donors (Lipinski definition) is 1. The molecule has 94 valence electrons. The van der Waals surface area contributed by atoms with Crippen LogP contribution in [0.4, 0.5) is 11.4 Å². The Labute approximate surface area is 102 Å². The Morgan fingerprint density at radius 2 is 1.88 bits per heavy atom. The van der Waals surface area contributed by atoms with E-state index in [1.807, 2.05) is 38.9 Å². The second-order valence-electron chi connectivity index (χ2n) is 4.44. The zero-order valence-electron chi connectivity index (χ0n) is 10.8. The lowest BCUT2D eigenvalue weighted by atomic mass is 10.1. The van der Waals surface area contributed by atoms with Crippen molar-refractivity contribution in [3.8, 4) is 0 Å². The van der Waals surface area contributed by atoms with Gasteiger partial charge in [-0.05, 0) is 45.1 Å². The van der Waals surface area contributed by atoms with Crippen LogP contribution in [0, 0.1) is 24.0 Å². The van der Waals surface area contributed by atoms with E-state index in [1.54, 1.807) is 6.07 Å². The van der Waals surface area contributed by atoms with Crippen LogP contribution in [0.5, 0.6) is 0 Å². The van der Waals surface area contributed by atoms with Crippen molar-refractivity contribution in [3.63, 3.8) is 0 Å². The molecule has 0 saturated heterocycles. The maximum Gasteiger partial charge on any atom is 0.292 e. The van der Waals surface area contributed by atoms with Crippen molar-refractivity contribution in [1.29, 1.82) is 0 Å². The van der Waals surface area contributed by atoms with Gasteiger partial charge in [-0.2, -0.15) is 0 Å². The summed E-state index contributed by atoms with van der Waals surface area (Å²) in [6.45, 7) is 5.36. The minimum atomic E-state index is -0.343. The molecule has 0 aliphatic rings. The second kappa shape index (κ2) is 5.63. The van der Waals surface area contributed by atoms with E-state index in [0.29, 0.717) is 12.2 Å². The first-order valence-electron chi connectivity index (χ1n) is 5.56. The molecule has 0 spiro atoms. The minimum absolute atomic E-state index is 0.145. The monoisotopic (exact) mass is 237 g/mol. The van der Waals surface area contributed by atoms with Crippen LogP contribution in [0.3, 0.4) is 0 Å². The van der Waals surface area contributed by atoms with Crippen molar-refractivity contribution < 1.29 is 4.92 Å². The fourth-order valence-electron chi connectivity index (χ4n) is 1.51. The number of aryl methyl sites for hydroxylation is 2. The Hall–Kier alpha value is -1.62. The molecule has 1 N–H and O–H groups in total. The van der Waals surface area contributed by atoms with E-state index in [4.69, 9.17) is 0 Å². The Morgan fingerprint density at radius 3 is 2.41 bits per heavy atom. The van der Waals surface area contributed by atoms with Crippen LogP contribution in [-0.4, -0.2) is 37.0 Å². The minimum Gasteiger partial charge on any atom is -0.378 e. The third-order valence-corrected chi connectivity index (χ3v) is 2.68. The number of likely N-dealkylation sites (N-methyl/N-ethyl adjacent to an activating group) is 1. The molecule has 5 nitrogen and oxygen atoms in total. The number of nitro benzene ring substituents is 1. The van der Waals surface area contributed by atoms with Gasteiger partial charge in [0.2, 0.25) is 0 Å². The summed E-state index contributed by atoms with van der Waals surface area (Å²) in [7, 11) is 3.94. The van der Waals surface area contributed by atoms with Crippen molar-refractivity contribution in [1.82, 2.24) is 4.90 Å². The van der Waals surface area contributed by atoms with Crippen molar-refractivity contribution in [2.45, 2.75) is 13.8 Å². The quantitative estimate of drug-likeness (QED) is 0.630. The van der Waals surface area contributed by atoms with Crippen molar-refractivity contribution in [2.24, 2.45) is 0 Å². The standard InChI is InChI=1S/C12H19N3O2/c1-9-7-11(13-5-6-14(3)4)12(15(16)17)8-10(9)2/h7-8,13H,5-6H2,1-4H3. The summed E-state index contributed by atoms with van der Waals surface area (Å²) in [5.41, 5.74) is 2.74. The summed E-state index contributed by atoms with van der Waals surface area (Å²) in [6.07, 6.45) is 0. The SMILES string of the molecule is Cc1cc(NCCN(C)C)c([N+](=O)[O-])cc1C. The van der Waals surface area contributed by atoms with Crippen LogP contribution in [0.25, 0.3) is 0 Å². The van der Waals surface area contributed by atoms with E-state index < -0.39 is 0 Å². The van der Waals surface area contributed by atoms with Gasteiger partial charge in [-0.3, -0.25) is 10.1 Å². The van der Waals surface area contributed by atoms with E-state index >= 15 is 0 Å². The van der Waals surface area contributed by atoms with E-state index in [9.17, 15) is 10.1 Å². The van der Waals surface area contributed by atoms with Crippen molar-refractivity contribution in [2.75, 3.05) is 32.5 Å². The van der Waals surface area contributed by atoms with Crippen LogP contribution in [0.2, 0.25) is 0 Å². The normalized spacial score (nSPS) is 10.6. The molecule has 1 rings (SSSR count). The number of nitrogens with zero attached hydrogens (tertiary/aromatic N) is 2. The largest absolute Gasteiger partial charge is 0.378 e. The Balaban J connectivity index is 2.89.